The molecule has 0 unspecified atom stereocenters. The molecule has 0 saturated heterocycles. The van der Waals surface area contributed by atoms with Gasteiger partial charge in [0.25, 0.3) is 0 Å². The van der Waals surface area contributed by atoms with E-state index in [2.05, 4.69) is 20.9 Å². The lowest BCUT2D eigenvalue weighted by atomic mass is 10.4. The summed E-state index contributed by atoms with van der Waals surface area (Å²) in [6.07, 6.45) is 3.98. The van der Waals surface area contributed by atoms with Crippen LogP contribution in [0.5, 0.6) is 0 Å². The average molecular weight is 314 g/mol. The van der Waals surface area contributed by atoms with Crippen molar-refractivity contribution in [3.8, 4) is 10.6 Å². The Labute approximate surface area is 110 Å². The summed E-state index contributed by atoms with van der Waals surface area (Å²) < 4.78 is 3.77. The summed E-state index contributed by atoms with van der Waals surface area (Å²) in [6.45, 7) is 0. The van der Waals surface area contributed by atoms with Gasteiger partial charge in [-0.2, -0.15) is 0 Å². The minimum atomic E-state index is 0.783. The van der Waals surface area contributed by atoms with Crippen molar-refractivity contribution in [3.63, 3.8) is 0 Å². The van der Waals surface area contributed by atoms with E-state index >= 15 is 0 Å². The third-order valence-electron chi connectivity index (χ3n) is 2.26. The first-order chi connectivity index (χ1) is 7.74. The fraction of sp³-hybridized carbons (Fsp3) is 0. The molecule has 0 amide bonds. The van der Waals surface area contributed by atoms with Gasteiger partial charge < -0.3 is 4.40 Å². The van der Waals surface area contributed by atoms with Gasteiger partial charge in [-0.25, -0.2) is 4.98 Å². The molecule has 3 rings (SSSR count). The Bertz CT molecular complexity index is 659. The maximum absolute atomic E-state index is 5.91. The van der Waals surface area contributed by atoms with E-state index in [-0.39, 0.29) is 0 Å². The zero-order valence-electron chi connectivity index (χ0n) is 8.02. The summed E-state index contributed by atoms with van der Waals surface area (Å²) in [4.78, 5) is 5.65. The summed E-state index contributed by atoms with van der Waals surface area (Å²) in [6, 6.07) is 7.83. The Balaban J connectivity index is 2.22. The second-order valence-electron chi connectivity index (χ2n) is 3.32. The lowest BCUT2D eigenvalue weighted by Gasteiger charge is -1.92. The van der Waals surface area contributed by atoms with Crippen LogP contribution in [0.2, 0.25) is 4.34 Å². The van der Waals surface area contributed by atoms with Crippen molar-refractivity contribution in [1.29, 1.82) is 0 Å². The first-order valence-corrected chi connectivity index (χ1v) is 6.62. The monoisotopic (exact) mass is 312 g/mol. The van der Waals surface area contributed by atoms with Crippen LogP contribution in [-0.2, 0) is 0 Å². The Hall–Kier alpha value is -0.840. The zero-order valence-corrected chi connectivity index (χ0v) is 11.2. The van der Waals surface area contributed by atoms with E-state index < -0.39 is 0 Å². The molecule has 0 saturated carbocycles. The van der Waals surface area contributed by atoms with Gasteiger partial charge in [-0.1, -0.05) is 11.6 Å². The van der Waals surface area contributed by atoms with E-state index in [0.717, 1.165) is 25.0 Å². The first-order valence-electron chi connectivity index (χ1n) is 4.63. The predicted molar refractivity (Wildman–Crippen MR) is 71.2 cm³/mol. The highest BCUT2D eigenvalue weighted by Gasteiger charge is 2.08. The van der Waals surface area contributed by atoms with Gasteiger partial charge in [0, 0.05) is 12.4 Å². The molecule has 0 aliphatic heterocycles. The number of pyridine rings is 1. The Kier molecular flexibility index (Phi) is 2.50. The van der Waals surface area contributed by atoms with Crippen LogP contribution in [0.4, 0.5) is 0 Å². The summed E-state index contributed by atoms with van der Waals surface area (Å²) in [5.74, 6) is 0. The molecule has 0 radical (unpaired) electrons. The Morgan fingerprint density at radius 3 is 2.88 bits per heavy atom. The van der Waals surface area contributed by atoms with E-state index in [0.29, 0.717) is 0 Å². The summed E-state index contributed by atoms with van der Waals surface area (Å²) in [5, 5.41) is 0. The van der Waals surface area contributed by atoms with Crippen LogP contribution in [0.15, 0.2) is 41.1 Å². The van der Waals surface area contributed by atoms with Crippen LogP contribution in [0.1, 0.15) is 0 Å². The SMILES string of the molecule is Clc1ccc(-c2cn3cccc(Br)c3n2)s1. The minimum absolute atomic E-state index is 0.783. The van der Waals surface area contributed by atoms with Crippen LogP contribution >= 0.6 is 38.9 Å². The molecular formula is C11H6BrClN2S. The third-order valence-corrected chi connectivity index (χ3v) is 4.13. The van der Waals surface area contributed by atoms with E-state index in [1.54, 1.807) is 0 Å². The molecule has 0 aromatic carbocycles. The highest BCUT2D eigenvalue weighted by molar-refractivity contribution is 9.10. The van der Waals surface area contributed by atoms with Crippen LogP contribution in [0.25, 0.3) is 16.2 Å². The molecule has 0 spiro atoms. The maximum Gasteiger partial charge on any atom is 0.151 e. The standard InChI is InChI=1S/C11H6BrClN2S/c12-7-2-1-5-15-6-8(14-11(7)15)9-3-4-10(13)16-9/h1-6H. The van der Waals surface area contributed by atoms with Crippen molar-refractivity contribution >= 4 is 44.5 Å². The summed E-state index contributed by atoms with van der Waals surface area (Å²) in [5.41, 5.74) is 1.87. The third kappa shape index (κ3) is 1.67. The fourth-order valence-electron chi connectivity index (χ4n) is 1.55. The molecule has 0 atom stereocenters. The van der Waals surface area contributed by atoms with Crippen molar-refractivity contribution in [1.82, 2.24) is 9.38 Å². The number of fused-ring (bicyclic) bond motifs is 1. The number of hydrogen-bond acceptors (Lipinski definition) is 2. The van der Waals surface area contributed by atoms with Gasteiger partial charge in [-0.3, -0.25) is 0 Å². The highest BCUT2D eigenvalue weighted by Crippen LogP contribution is 2.31. The molecular weight excluding hydrogens is 308 g/mol. The number of imidazole rings is 1. The van der Waals surface area contributed by atoms with E-state index in [1.807, 2.05) is 41.1 Å². The smallest absolute Gasteiger partial charge is 0.151 e. The van der Waals surface area contributed by atoms with Crippen LogP contribution in [-0.4, -0.2) is 9.38 Å². The average Bonchev–Trinajstić information content (AvgIpc) is 2.84. The highest BCUT2D eigenvalue weighted by atomic mass is 79.9. The van der Waals surface area contributed by atoms with E-state index in [1.165, 1.54) is 11.3 Å². The van der Waals surface area contributed by atoms with Gasteiger partial charge in [0.1, 0.15) is 0 Å². The zero-order chi connectivity index (χ0) is 11.1. The molecule has 0 fully saturated rings. The van der Waals surface area contributed by atoms with Crippen LogP contribution in [0.3, 0.4) is 0 Å². The van der Waals surface area contributed by atoms with Crippen molar-refractivity contribution in [2.75, 3.05) is 0 Å². The van der Waals surface area contributed by atoms with Gasteiger partial charge in [0.15, 0.2) is 5.65 Å². The number of nitrogens with zero attached hydrogens (tertiary/aromatic N) is 2. The maximum atomic E-state index is 5.91. The quantitative estimate of drug-likeness (QED) is 0.647. The van der Waals surface area contributed by atoms with E-state index in [4.69, 9.17) is 11.6 Å². The van der Waals surface area contributed by atoms with Gasteiger partial charge >= 0.3 is 0 Å². The van der Waals surface area contributed by atoms with E-state index in [9.17, 15) is 0 Å². The molecule has 3 aromatic heterocycles. The second kappa shape index (κ2) is 3.87. The molecule has 80 valence electrons. The van der Waals surface area contributed by atoms with Crippen molar-refractivity contribution in [3.05, 3.63) is 45.5 Å². The van der Waals surface area contributed by atoms with Gasteiger partial charge in [0.05, 0.1) is 19.4 Å². The predicted octanol–water partition coefficient (Wildman–Crippen LogP) is 4.48. The number of rotatable bonds is 1. The summed E-state index contributed by atoms with van der Waals surface area (Å²) >= 11 is 10.9. The number of aromatic nitrogens is 2. The van der Waals surface area contributed by atoms with Crippen LogP contribution in [0, 0.1) is 0 Å². The van der Waals surface area contributed by atoms with Gasteiger partial charge in [-0.05, 0) is 40.2 Å². The Morgan fingerprint density at radius 2 is 2.19 bits per heavy atom. The summed E-state index contributed by atoms with van der Waals surface area (Å²) in [7, 11) is 0. The largest absolute Gasteiger partial charge is 0.305 e. The lowest BCUT2D eigenvalue weighted by Crippen LogP contribution is -1.80. The van der Waals surface area contributed by atoms with Crippen molar-refractivity contribution in [2.45, 2.75) is 0 Å². The lowest BCUT2D eigenvalue weighted by molar-refractivity contribution is 1.18. The second-order valence-corrected chi connectivity index (χ2v) is 5.89. The minimum Gasteiger partial charge on any atom is -0.305 e. The molecule has 2 nitrogen and oxygen atoms in total. The fourth-order valence-corrected chi connectivity index (χ4v) is 2.99. The Morgan fingerprint density at radius 1 is 1.31 bits per heavy atom. The molecule has 0 bridgehead atoms. The number of halogens is 2. The molecule has 5 heteroatoms. The molecule has 3 aromatic rings. The number of hydrogen-bond donors (Lipinski definition) is 0. The van der Waals surface area contributed by atoms with Gasteiger partial charge in [-0.15, -0.1) is 11.3 Å². The van der Waals surface area contributed by atoms with Crippen molar-refractivity contribution < 1.29 is 0 Å². The first kappa shape index (κ1) is 10.3. The molecule has 0 aliphatic rings. The molecule has 16 heavy (non-hydrogen) atoms. The van der Waals surface area contributed by atoms with Crippen LogP contribution < -0.4 is 0 Å². The normalized spacial score (nSPS) is 11.1. The molecule has 0 aliphatic carbocycles. The number of thiophene rings is 1. The topological polar surface area (TPSA) is 17.3 Å². The molecule has 3 heterocycles. The van der Waals surface area contributed by atoms with Crippen molar-refractivity contribution in [2.24, 2.45) is 0 Å². The molecule has 0 N–H and O–H groups in total. The van der Waals surface area contributed by atoms with Gasteiger partial charge in [0.2, 0.25) is 0 Å².